The summed E-state index contributed by atoms with van der Waals surface area (Å²) in [6, 6.07) is 14.2. The van der Waals surface area contributed by atoms with Gasteiger partial charge in [-0.15, -0.1) is 0 Å². The standard InChI is InChI=1S/C22H21N5O3S/c1-27-13-15(12-23-27)19-21(26-31-25-19)22(28)20(14-7-5-4-6-8-14)24-16-9-17(29-2)11-18(10-16)30-3/h4-13,20,24H,1-3H3. The van der Waals surface area contributed by atoms with E-state index in [0.29, 0.717) is 28.6 Å². The zero-order valence-corrected chi connectivity index (χ0v) is 18.1. The zero-order valence-electron chi connectivity index (χ0n) is 17.3. The van der Waals surface area contributed by atoms with E-state index in [-0.39, 0.29) is 5.78 Å². The summed E-state index contributed by atoms with van der Waals surface area (Å²) in [5, 5.41) is 7.50. The monoisotopic (exact) mass is 435 g/mol. The minimum absolute atomic E-state index is 0.194. The Kier molecular flexibility index (Phi) is 5.94. The number of benzene rings is 2. The summed E-state index contributed by atoms with van der Waals surface area (Å²) in [6.07, 6.45) is 3.48. The number of hydrogen-bond donors (Lipinski definition) is 1. The summed E-state index contributed by atoms with van der Waals surface area (Å²) < 4.78 is 21.0. The molecule has 2 aromatic carbocycles. The summed E-state index contributed by atoms with van der Waals surface area (Å²) in [7, 11) is 4.98. The number of ketones is 1. The molecule has 0 saturated heterocycles. The molecule has 0 fully saturated rings. The summed E-state index contributed by atoms with van der Waals surface area (Å²) in [5.74, 6) is 1.04. The molecule has 31 heavy (non-hydrogen) atoms. The van der Waals surface area contributed by atoms with E-state index in [4.69, 9.17) is 9.47 Å². The average molecular weight is 436 g/mol. The number of hydrogen-bond acceptors (Lipinski definition) is 8. The van der Waals surface area contributed by atoms with Crippen LogP contribution < -0.4 is 14.8 Å². The predicted octanol–water partition coefficient (Wildman–Crippen LogP) is 3.99. The Balaban J connectivity index is 1.74. The van der Waals surface area contributed by atoms with Crippen molar-refractivity contribution in [3.8, 4) is 22.8 Å². The van der Waals surface area contributed by atoms with Crippen LogP contribution in [0.2, 0.25) is 0 Å². The van der Waals surface area contributed by atoms with E-state index in [0.717, 1.165) is 22.9 Å². The fourth-order valence-electron chi connectivity index (χ4n) is 3.22. The first-order chi connectivity index (χ1) is 15.1. The van der Waals surface area contributed by atoms with Crippen molar-refractivity contribution < 1.29 is 14.3 Å². The number of nitrogens with one attached hydrogen (secondary N) is 1. The van der Waals surface area contributed by atoms with Crippen molar-refractivity contribution in [2.24, 2.45) is 7.05 Å². The molecular weight excluding hydrogens is 414 g/mol. The number of carbonyl (C=O) groups is 1. The first-order valence-electron chi connectivity index (χ1n) is 9.49. The number of aromatic nitrogens is 4. The van der Waals surface area contributed by atoms with Gasteiger partial charge >= 0.3 is 0 Å². The Morgan fingerprint density at radius 3 is 2.39 bits per heavy atom. The number of aryl methyl sites for hydroxylation is 1. The van der Waals surface area contributed by atoms with Crippen molar-refractivity contribution in [1.82, 2.24) is 18.5 Å². The normalized spacial score (nSPS) is 11.7. The third-order valence-electron chi connectivity index (χ3n) is 4.76. The second-order valence-corrected chi connectivity index (χ2v) is 7.35. The van der Waals surface area contributed by atoms with Crippen molar-refractivity contribution in [2.75, 3.05) is 19.5 Å². The van der Waals surface area contributed by atoms with E-state index in [9.17, 15) is 4.79 Å². The lowest BCUT2D eigenvalue weighted by atomic mass is 9.98. The topological polar surface area (TPSA) is 91.2 Å². The van der Waals surface area contributed by atoms with Crippen LogP contribution in [0.25, 0.3) is 11.3 Å². The van der Waals surface area contributed by atoms with Gasteiger partial charge in [0, 0.05) is 42.7 Å². The summed E-state index contributed by atoms with van der Waals surface area (Å²) in [4.78, 5) is 13.7. The van der Waals surface area contributed by atoms with E-state index in [1.54, 1.807) is 31.2 Å². The molecule has 0 bridgehead atoms. The summed E-state index contributed by atoms with van der Waals surface area (Å²) in [6.45, 7) is 0. The minimum atomic E-state index is -0.683. The molecule has 9 heteroatoms. The lowest BCUT2D eigenvalue weighted by Crippen LogP contribution is -2.22. The van der Waals surface area contributed by atoms with Gasteiger partial charge in [0.25, 0.3) is 0 Å². The van der Waals surface area contributed by atoms with Gasteiger partial charge in [-0.3, -0.25) is 9.48 Å². The lowest BCUT2D eigenvalue weighted by molar-refractivity contribution is 0.0966. The number of ether oxygens (including phenoxy) is 2. The van der Waals surface area contributed by atoms with Gasteiger partial charge in [0.2, 0.25) is 5.78 Å². The first-order valence-corrected chi connectivity index (χ1v) is 10.2. The van der Waals surface area contributed by atoms with Crippen LogP contribution in [-0.4, -0.2) is 38.5 Å². The van der Waals surface area contributed by atoms with Crippen LogP contribution in [0, 0.1) is 0 Å². The Morgan fingerprint density at radius 2 is 1.77 bits per heavy atom. The largest absolute Gasteiger partial charge is 0.497 e. The van der Waals surface area contributed by atoms with Gasteiger partial charge in [0.1, 0.15) is 23.2 Å². The highest BCUT2D eigenvalue weighted by Crippen LogP contribution is 2.32. The fraction of sp³-hybridized carbons (Fsp3) is 0.182. The van der Waals surface area contributed by atoms with E-state index >= 15 is 0 Å². The Bertz CT molecular complexity index is 1170. The van der Waals surface area contributed by atoms with Crippen LogP contribution in [0.1, 0.15) is 22.1 Å². The SMILES string of the molecule is COc1cc(NC(C(=O)c2nsnc2-c2cnn(C)c2)c2ccccc2)cc(OC)c1. The Hall–Kier alpha value is -3.72. The van der Waals surface area contributed by atoms with Gasteiger partial charge in [-0.2, -0.15) is 13.8 Å². The average Bonchev–Trinajstić information content (AvgIpc) is 3.46. The highest BCUT2D eigenvalue weighted by molar-refractivity contribution is 6.99. The molecule has 0 saturated carbocycles. The van der Waals surface area contributed by atoms with Gasteiger partial charge in [0.15, 0.2) is 5.69 Å². The second kappa shape index (κ2) is 8.97. The van der Waals surface area contributed by atoms with Crippen LogP contribution in [0.15, 0.2) is 60.9 Å². The van der Waals surface area contributed by atoms with Crippen molar-refractivity contribution in [1.29, 1.82) is 0 Å². The molecule has 0 spiro atoms. The number of carbonyl (C=O) groups excluding carboxylic acids is 1. The quantitative estimate of drug-likeness (QED) is 0.418. The van der Waals surface area contributed by atoms with Crippen molar-refractivity contribution in [2.45, 2.75) is 6.04 Å². The smallest absolute Gasteiger partial charge is 0.211 e. The Labute approximate surface area is 183 Å². The summed E-state index contributed by atoms with van der Waals surface area (Å²) >= 11 is 1.00. The molecule has 2 aromatic heterocycles. The Morgan fingerprint density at radius 1 is 1.06 bits per heavy atom. The molecule has 0 aliphatic rings. The zero-order chi connectivity index (χ0) is 21.8. The first kappa shape index (κ1) is 20.5. The van der Waals surface area contributed by atoms with Gasteiger partial charge < -0.3 is 14.8 Å². The van der Waals surface area contributed by atoms with E-state index < -0.39 is 6.04 Å². The third-order valence-corrected chi connectivity index (χ3v) is 5.29. The van der Waals surface area contributed by atoms with Gasteiger partial charge in [-0.05, 0) is 5.56 Å². The molecule has 0 amide bonds. The number of anilines is 1. The number of nitrogens with zero attached hydrogens (tertiary/aromatic N) is 4. The second-order valence-electron chi connectivity index (χ2n) is 6.82. The molecule has 4 aromatic rings. The maximum atomic E-state index is 13.7. The van der Waals surface area contributed by atoms with Crippen LogP contribution in [0.5, 0.6) is 11.5 Å². The number of methoxy groups -OCH3 is 2. The maximum Gasteiger partial charge on any atom is 0.211 e. The molecular formula is C22H21N5O3S. The maximum absolute atomic E-state index is 13.7. The van der Waals surface area contributed by atoms with Gasteiger partial charge in [0.05, 0.1) is 32.1 Å². The van der Waals surface area contributed by atoms with Crippen molar-refractivity contribution in [3.05, 3.63) is 72.2 Å². The fourth-order valence-corrected chi connectivity index (χ4v) is 3.80. The number of rotatable bonds is 8. The lowest BCUT2D eigenvalue weighted by Gasteiger charge is -2.20. The van der Waals surface area contributed by atoms with Crippen LogP contribution in [0.3, 0.4) is 0 Å². The molecule has 1 atom stereocenters. The van der Waals surface area contributed by atoms with E-state index in [1.807, 2.05) is 55.7 Å². The molecule has 158 valence electrons. The van der Waals surface area contributed by atoms with E-state index in [1.165, 1.54) is 0 Å². The minimum Gasteiger partial charge on any atom is -0.497 e. The van der Waals surface area contributed by atoms with Crippen molar-refractivity contribution in [3.63, 3.8) is 0 Å². The highest BCUT2D eigenvalue weighted by atomic mass is 32.1. The van der Waals surface area contributed by atoms with Gasteiger partial charge in [-0.1, -0.05) is 30.3 Å². The van der Waals surface area contributed by atoms with Crippen LogP contribution >= 0.6 is 11.7 Å². The summed E-state index contributed by atoms with van der Waals surface area (Å²) in [5.41, 5.74) is 3.06. The predicted molar refractivity (Wildman–Crippen MR) is 119 cm³/mol. The molecule has 1 N–H and O–H groups in total. The van der Waals surface area contributed by atoms with E-state index in [2.05, 4.69) is 19.2 Å². The molecule has 4 rings (SSSR count). The molecule has 1 unspecified atom stereocenters. The van der Waals surface area contributed by atoms with Crippen LogP contribution in [-0.2, 0) is 7.05 Å². The molecule has 8 nitrogen and oxygen atoms in total. The third kappa shape index (κ3) is 4.41. The molecule has 0 radical (unpaired) electrons. The van der Waals surface area contributed by atoms with Gasteiger partial charge in [-0.25, -0.2) is 0 Å². The molecule has 0 aliphatic heterocycles. The molecule has 0 aliphatic carbocycles. The number of Topliss-reactive ketones (excluding diaryl/α,β-unsaturated/α-hetero) is 1. The highest BCUT2D eigenvalue weighted by Gasteiger charge is 2.28. The van der Waals surface area contributed by atoms with Crippen molar-refractivity contribution >= 4 is 23.2 Å². The van der Waals surface area contributed by atoms with Crippen LogP contribution in [0.4, 0.5) is 5.69 Å². The molecule has 2 heterocycles.